The summed E-state index contributed by atoms with van der Waals surface area (Å²) in [7, 11) is 0. The molecule has 0 rings (SSSR count). The van der Waals surface area contributed by atoms with Crippen molar-refractivity contribution in [2.45, 2.75) is 20.8 Å². The van der Waals surface area contributed by atoms with Gasteiger partial charge in [0.15, 0.2) is 5.78 Å². The van der Waals surface area contributed by atoms with Gasteiger partial charge >= 0.3 is 0 Å². The minimum Gasteiger partial charge on any atom is -0.293 e. The van der Waals surface area contributed by atoms with Crippen molar-refractivity contribution in [1.82, 2.24) is 0 Å². The fourth-order valence-corrected chi connectivity index (χ4v) is 0.602. The highest BCUT2D eigenvalue weighted by Crippen LogP contribution is 2.02. The summed E-state index contributed by atoms with van der Waals surface area (Å²) in [6.07, 6.45) is 3.26. The zero-order valence-electron chi connectivity index (χ0n) is 7.22. The Hall–Kier alpha value is -1.18. The van der Waals surface area contributed by atoms with Crippen LogP contribution < -0.4 is 0 Å². The van der Waals surface area contributed by atoms with E-state index >= 15 is 0 Å². The first-order chi connectivity index (χ1) is 5.07. The molecule has 2 heteroatoms. The quantitative estimate of drug-likeness (QED) is 0.345. The number of aliphatic imine (C=N–C) groups is 1. The highest BCUT2D eigenvalue weighted by Gasteiger charge is 1.98. The fraction of sp³-hybridized carbons (Fsp3) is 0.333. The maximum atomic E-state index is 10.8. The van der Waals surface area contributed by atoms with E-state index in [1.165, 1.54) is 6.92 Å². The predicted octanol–water partition coefficient (Wildman–Crippen LogP) is 2.13. The van der Waals surface area contributed by atoms with Gasteiger partial charge in [0.2, 0.25) is 0 Å². The number of carbonyl (C=O) groups excluding carboxylic acids is 1. The number of carbonyl (C=O) groups is 1. The van der Waals surface area contributed by atoms with Crippen molar-refractivity contribution < 1.29 is 4.79 Å². The van der Waals surface area contributed by atoms with Crippen molar-refractivity contribution in [2.24, 2.45) is 4.99 Å². The molecule has 0 aliphatic carbocycles. The Morgan fingerprint density at radius 2 is 2.00 bits per heavy atom. The molecule has 0 N–H and O–H groups in total. The van der Waals surface area contributed by atoms with Gasteiger partial charge in [0.25, 0.3) is 0 Å². The van der Waals surface area contributed by atoms with E-state index < -0.39 is 0 Å². The fourth-order valence-electron chi connectivity index (χ4n) is 0.602. The Bertz CT molecular complexity index is 224. The highest BCUT2D eigenvalue weighted by molar-refractivity contribution is 5.94. The van der Waals surface area contributed by atoms with Gasteiger partial charge in [-0.25, -0.2) is 0 Å². The summed E-state index contributed by atoms with van der Waals surface area (Å²) in [6, 6.07) is 0. The molecular weight excluding hydrogens is 138 g/mol. The zero-order chi connectivity index (χ0) is 8.85. The van der Waals surface area contributed by atoms with E-state index in [1.807, 2.05) is 6.92 Å². The zero-order valence-corrected chi connectivity index (χ0v) is 7.22. The summed E-state index contributed by atoms with van der Waals surface area (Å²) in [6.45, 7) is 8.75. The first kappa shape index (κ1) is 9.82. The summed E-state index contributed by atoms with van der Waals surface area (Å²) < 4.78 is 0. The number of Topliss-reactive ketones (excluding diaryl/α,β-unsaturated/α-hetero) is 1. The lowest BCUT2D eigenvalue weighted by atomic mass is 10.2. The Kier molecular flexibility index (Phi) is 4.11. The summed E-state index contributed by atoms with van der Waals surface area (Å²) in [5.74, 6) is -0.0360. The Morgan fingerprint density at radius 3 is 2.27 bits per heavy atom. The summed E-state index contributed by atoms with van der Waals surface area (Å²) in [4.78, 5) is 14.7. The van der Waals surface area contributed by atoms with Crippen molar-refractivity contribution >= 4 is 12.0 Å². The number of hydrogen-bond donors (Lipinski definition) is 0. The topological polar surface area (TPSA) is 29.4 Å². The maximum Gasteiger partial charge on any atom is 0.178 e. The van der Waals surface area contributed by atoms with Crippen LogP contribution in [-0.4, -0.2) is 12.0 Å². The van der Waals surface area contributed by atoms with Crippen LogP contribution >= 0.6 is 0 Å². The van der Waals surface area contributed by atoms with Gasteiger partial charge in [-0.05, 0) is 19.9 Å². The highest BCUT2D eigenvalue weighted by atomic mass is 16.1. The van der Waals surface area contributed by atoms with Crippen molar-refractivity contribution in [3.63, 3.8) is 0 Å². The molecule has 0 amide bonds. The second-order valence-corrected chi connectivity index (χ2v) is 2.32. The van der Waals surface area contributed by atoms with Gasteiger partial charge < -0.3 is 0 Å². The van der Waals surface area contributed by atoms with Crippen LogP contribution in [0.1, 0.15) is 20.8 Å². The molecule has 0 saturated heterocycles. The van der Waals surface area contributed by atoms with E-state index in [1.54, 1.807) is 19.2 Å². The van der Waals surface area contributed by atoms with Crippen LogP contribution in [0.25, 0.3) is 0 Å². The molecule has 0 aromatic heterocycles. The molecule has 0 unspecified atom stereocenters. The van der Waals surface area contributed by atoms with Gasteiger partial charge in [-0.1, -0.05) is 12.2 Å². The molecule has 0 aliphatic rings. The minimum absolute atomic E-state index is 0.0360. The summed E-state index contributed by atoms with van der Waals surface area (Å²) in [5, 5.41) is 0. The second kappa shape index (κ2) is 4.61. The molecule has 0 fully saturated rings. The lowest BCUT2D eigenvalue weighted by Gasteiger charge is -1.93. The molecule has 0 atom stereocenters. The Labute approximate surface area is 67.3 Å². The molecule has 0 saturated carbocycles. The lowest BCUT2D eigenvalue weighted by Crippen LogP contribution is -1.93. The molecule has 0 aromatic carbocycles. The third-order valence-corrected chi connectivity index (χ3v) is 1.01. The summed E-state index contributed by atoms with van der Waals surface area (Å²) >= 11 is 0. The molecule has 0 heterocycles. The third-order valence-electron chi connectivity index (χ3n) is 1.01. The second-order valence-electron chi connectivity index (χ2n) is 2.32. The van der Waals surface area contributed by atoms with Crippen LogP contribution in [0.15, 0.2) is 28.9 Å². The van der Waals surface area contributed by atoms with Gasteiger partial charge in [-0.2, -0.15) is 0 Å². The van der Waals surface area contributed by atoms with Crippen molar-refractivity contribution in [3.8, 4) is 0 Å². The lowest BCUT2D eigenvalue weighted by molar-refractivity contribution is -0.113. The maximum absolute atomic E-state index is 10.8. The first-order valence-corrected chi connectivity index (χ1v) is 3.44. The van der Waals surface area contributed by atoms with E-state index in [-0.39, 0.29) is 5.78 Å². The van der Waals surface area contributed by atoms with Gasteiger partial charge in [0, 0.05) is 13.1 Å². The molecular formula is C9H13NO. The average Bonchev–Trinajstić information content (AvgIpc) is 1.86. The van der Waals surface area contributed by atoms with E-state index in [9.17, 15) is 4.79 Å². The Balaban J connectivity index is 4.59. The van der Waals surface area contributed by atoms with Crippen molar-refractivity contribution in [3.05, 3.63) is 23.9 Å². The number of allylic oxidation sites excluding steroid dienone is 3. The van der Waals surface area contributed by atoms with Crippen LogP contribution in [0.5, 0.6) is 0 Å². The van der Waals surface area contributed by atoms with Crippen LogP contribution in [-0.2, 0) is 4.79 Å². The number of rotatable bonds is 3. The first-order valence-electron chi connectivity index (χ1n) is 3.44. The number of hydrogen-bond acceptors (Lipinski definition) is 2. The normalized spacial score (nSPS) is 12.1. The number of ketones is 1. The van der Waals surface area contributed by atoms with Gasteiger partial charge in [-0.15, -0.1) is 0 Å². The predicted molar refractivity (Wildman–Crippen MR) is 47.7 cm³/mol. The third kappa shape index (κ3) is 4.25. The largest absolute Gasteiger partial charge is 0.293 e. The van der Waals surface area contributed by atoms with Crippen molar-refractivity contribution in [1.29, 1.82) is 0 Å². The van der Waals surface area contributed by atoms with E-state index in [0.29, 0.717) is 5.70 Å². The van der Waals surface area contributed by atoms with Gasteiger partial charge in [-0.3, -0.25) is 9.79 Å². The molecule has 0 aliphatic heterocycles. The SMILES string of the molecule is C=C(C)/C=C(\N=CC)C(C)=O. The van der Waals surface area contributed by atoms with Crippen molar-refractivity contribution in [2.75, 3.05) is 0 Å². The van der Waals surface area contributed by atoms with Gasteiger partial charge in [0.1, 0.15) is 5.70 Å². The van der Waals surface area contributed by atoms with E-state index in [0.717, 1.165) is 5.57 Å². The van der Waals surface area contributed by atoms with Gasteiger partial charge in [0.05, 0.1) is 0 Å². The molecule has 0 radical (unpaired) electrons. The monoisotopic (exact) mass is 151 g/mol. The van der Waals surface area contributed by atoms with Crippen LogP contribution in [0, 0.1) is 0 Å². The number of nitrogens with zero attached hydrogens (tertiary/aromatic N) is 1. The Morgan fingerprint density at radius 1 is 1.45 bits per heavy atom. The molecule has 0 bridgehead atoms. The molecule has 60 valence electrons. The summed E-state index contributed by atoms with van der Waals surface area (Å²) in [5.41, 5.74) is 1.29. The molecule has 0 spiro atoms. The minimum atomic E-state index is -0.0360. The van der Waals surface area contributed by atoms with E-state index in [2.05, 4.69) is 11.6 Å². The standard InChI is InChI=1S/C9H13NO/c1-5-10-9(8(4)11)6-7(2)3/h5-6H,2H2,1,3-4H3/b9-6-,10-5?. The smallest absolute Gasteiger partial charge is 0.178 e. The molecule has 0 aromatic rings. The van der Waals surface area contributed by atoms with Crippen LogP contribution in [0.3, 0.4) is 0 Å². The van der Waals surface area contributed by atoms with Crippen LogP contribution in [0.2, 0.25) is 0 Å². The molecule has 11 heavy (non-hydrogen) atoms. The average molecular weight is 151 g/mol. The van der Waals surface area contributed by atoms with E-state index in [4.69, 9.17) is 0 Å². The molecule has 2 nitrogen and oxygen atoms in total. The van der Waals surface area contributed by atoms with Crippen LogP contribution in [0.4, 0.5) is 0 Å².